The number of halogens is 1. The molecule has 1 N–H and O–H groups in total. The highest BCUT2D eigenvalue weighted by Gasteiger charge is 2.18. The number of nitrogens with zero attached hydrogens (tertiary/aromatic N) is 3. The molecular formula is C18H21ClN4O2S. The monoisotopic (exact) mass is 392 g/mol. The Labute approximate surface area is 158 Å². The first-order valence-electron chi connectivity index (χ1n) is 8.22. The van der Waals surface area contributed by atoms with Crippen molar-refractivity contribution in [2.24, 2.45) is 7.05 Å². The normalized spacial score (nSPS) is 11.9. The van der Waals surface area contributed by atoms with Crippen LogP contribution in [0.3, 0.4) is 0 Å². The molecule has 2 heterocycles. The van der Waals surface area contributed by atoms with E-state index in [9.17, 15) is 8.42 Å². The van der Waals surface area contributed by atoms with Crippen LogP contribution >= 0.6 is 11.6 Å². The average molecular weight is 393 g/mol. The minimum absolute atomic E-state index is 0.531. The van der Waals surface area contributed by atoms with Crippen LogP contribution in [0.15, 0.2) is 18.2 Å². The van der Waals surface area contributed by atoms with E-state index in [0.29, 0.717) is 10.8 Å². The van der Waals surface area contributed by atoms with Gasteiger partial charge in [-0.1, -0.05) is 18.5 Å². The molecule has 2 aromatic heterocycles. The minimum Gasteiger partial charge on any atom is -0.284 e. The zero-order valence-corrected chi connectivity index (χ0v) is 17.0. The van der Waals surface area contributed by atoms with Gasteiger partial charge in [-0.2, -0.15) is 5.10 Å². The first-order chi connectivity index (χ1) is 12.1. The molecule has 0 spiro atoms. The lowest BCUT2D eigenvalue weighted by atomic mass is 10.0. The summed E-state index contributed by atoms with van der Waals surface area (Å²) in [6.07, 6.45) is 1.89. The third kappa shape index (κ3) is 3.41. The summed E-state index contributed by atoms with van der Waals surface area (Å²) >= 11 is 6.45. The molecule has 3 aromatic rings. The number of pyridine rings is 1. The van der Waals surface area contributed by atoms with Gasteiger partial charge in [0.1, 0.15) is 5.15 Å². The third-order valence-electron chi connectivity index (χ3n) is 4.25. The van der Waals surface area contributed by atoms with Crippen LogP contribution in [0.5, 0.6) is 0 Å². The van der Waals surface area contributed by atoms with E-state index in [-0.39, 0.29) is 0 Å². The van der Waals surface area contributed by atoms with Crippen molar-refractivity contribution in [1.82, 2.24) is 14.8 Å². The maximum atomic E-state index is 11.5. The first-order valence-corrected chi connectivity index (χ1v) is 10.5. The topological polar surface area (TPSA) is 76.9 Å². The van der Waals surface area contributed by atoms with Crippen LogP contribution in [-0.2, 0) is 23.5 Å². The number of hydrogen-bond acceptors (Lipinski definition) is 4. The zero-order chi connectivity index (χ0) is 19.2. The van der Waals surface area contributed by atoms with Gasteiger partial charge in [0, 0.05) is 18.1 Å². The summed E-state index contributed by atoms with van der Waals surface area (Å²) < 4.78 is 27.2. The summed E-state index contributed by atoms with van der Waals surface area (Å²) in [7, 11) is -1.52. The maximum absolute atomic E-state index is 11.5. The van der Waals surface area contributed by atoms with Crippen molar-refractivity contribution in [3.05, 3.63) is 40.2 Å². The van der Waals surface area contributed by atoms with Crippen molar-refractivity contribution < 1.29 is 8.42 Å². The molecule has 0 aliphatic heterocycles. The van der Waals surface area contributed by atoms with Gasteiger partial charge in [-0.25, -0.2) is 13.4 Å². The van der Waals surface area contributed by atoms with Crippen molar-refractivity contribution in [2.45, 2.75) is 27.2 Å². The number of nitrogens with one attached hydrogen (secondary N) is 1. The van der Waals surface area contributed by atoms with Crippen LogP contribution in [0, 0.1) is 13.8 Å². The Balaban J connectivity index is 2.24. The number of hydrogen-bond donors (Lipinski definition) is 1. The van der Waals surface area contributed by atoms with Gasteiger partial charge in [0.05, 0.1) is 28.7 Å². The highest BCUT2D eigenvalue weighted by atomic mass is 35.5. The van der Waals surface area contributed by atoms with Crippen LogP contribution in [-0.4, -0.2) is 29.4 Å². The maximum Gasteiger partial charge on any atom is 0.229 e. The van der Waals surface area contributed by atoms with Gasteiger partial charge in [0.25, 0.3) is 0 Å². The Hall–Kier alpha value is -2.12. The SMILES string of the molecule is CCc1nn(C)c(Cl)c1-c1cc(C)c2cc(NS(C)(=O)=O)cc(C)c2n1. The van der Waals surface area contributed by atoms with Gasteiger partial charge in [-0.15, -0.1) is 0 Å². The number of rotatable bonds is 4. The Morgan fingerprint density at radius 2 is 1.88 bits per heavy atom. The molecule has 0 saturated carbocycles. The summed E-state index contributed by atoms with van der Waals surface area (Å²) in [5.74, 6) is 0. The Morgan fingerprint density at radius 3 is 2.50 bits per heavy atom. The molecule has 138 valence electrons. The van der Waals surface area contributed by atoms with Crippen molar-refractivity contribution in [3.8, 4) is 11.3 Å². The molecule has 0 aliphatic rings. The predicted octanol–water partition coefficient (Wildman–Crippen LogP) is 3.84. The van der Waals surface area contributed by atoms with Gasteiger partial charge >= 0.3 is 0 Å². The van der Waals surface area contributed by atoms with Crippen molar-refractivity contribution in [1.29, 1.82) is 0 Å². The fourth-order valence-corrected chi connectivity index (χ4v) is 3.91. The molecule has 0 bridgehead atoms. The molecule has 26 heavy (non-hydrogen) atoms. The number of sulfonamides is 1. The van der Waals surface area contributed by atoms with Crippen molar-refractivity contribution in [2.75, 3.05) is 11.0 Å². The van der Waals surface area contributed by atoms with Gasteiger partial charge in [-0.3, -0.25) is 9.40 Å². The molecule has 0 unspecified atom stereocenters. The lowest BCUT2D eigenvalue weighted by Gasteiger charge is -2.12. The smallest absolute Gasteiger partial charge is 0.229 e. The van der Waals surface area contributed by atoms with Crippen LogP contribution in [0.1, 0.15) is 23.7 Å². The van der Waals surface area contributed by atoms with E-state index in [1.807, 2.05) is 33.9 Å². The van der Waals surface area contributed by atoms with E-state index in [2.05, 4.69) is 9.82 Å². The average Bonchev–Trinajstić information content (AvgIpc) is 2.81. The lowest BCUT2D eigenvalue weighted by Crippen LogP contribution is -2.09. The number of benzene rings is 1. The summed E-state index contributed by atoms with van der Waals surface area (Å²) in [5.41, 5.74) is 5.75. The molecule has 0 saturated heterocycles. The summed E-state index contributed by atoms with van der Waals surface area (Å²) in [6.45, 7) is 5.93. The third-order valence-corrected chi connectivity index (χ3v) is 5.29. The molecule has 8 heteroatoms. The zero-order valence-electron chi connectivity index (χ0n) is 15.4. The minimum atomic E-state index is -3.34. The van der Waals surface area contributed by atoms with Crippen molar-refractivity contribution in [3.63, 3.8) is 0 Å². The molecule has 1 aromatic carbocycles. The van der Waals surface area contributed by atoms with Gasteiger partial charge in [-0.05, 0) is 49.6 Å². The van der Waals surface area contributed by atoms with E-state index < -0.39 is 10.0 Å². The Kier molecular flexibility index (Phi) is 4.71. The summed E-state index contributed by atoms with van der Waals surface area (Å²) in [4.78, 5) is 4.81. The van der Waals surface area contributed by atoms with E-state index >= 15 is 0 Å². The van der Waals surface area contributed by atoms with Gasteiger partial charge < -0.3 is 0 Å². The van der Waals surface area contributed by atoms with Crippen LogP contribution in [0.4, 0.5) is 5.69 Å². The number of fused-ring (bicyclic) bond motifs is 1. The van der Waals surface area contributed by atoms with Gasteiger partial charge in [0.2, 0.25) is 10.0 Å². The Morgan fingerprint density at radius 1 is 1.19 bits per heavy atom. The molecule has 3 rings (SSSR count). The highest BCUT2D eigenvalue weighted by Crippen LogP contribution is 2.34. The number of anilines is 1. The first kappa shape index (κ1) is 18.7. The van der Waals surface area contributed by atoms with Crippen LogP contribution in [0.2, 0.25) is 5.15 Å². The lowest BCUT2D eigenvalue weighted by molar-refractivity contribution is 0.607. The summed E-state index contributed by atoms with van der Waals surface area (Å²) in [6, 6.07) is 5.56. The second-order valence-electron chi connectivity index (χ2n) is 6.48. The fourth-order valence-electron chi connectivity index (χ4n) is 3.12. The highest BCUT2D eigenvalue weighted by molar-refractivity contribution is 7.92. The predicted molar refractivity (Wildman–Crippen MR) is 106 cm³/mol. The standard InChI is InChI=1S/C18H21ClN4O2S/c1-6-14-16(18(19)23(4)21-14)15-8-10(2)13-9-12(22-26(5,24)25)7-11(3)17(13)20-15/h7-9,22H,6H2,1-5H3. The molecule has 6 nitrogen and oxygen atoms in total. The molecule has 0 atom stereocenters. The molecular weight excluding hydrogens is 372 g/mol. The second kappa shape index (κ2) is 6.55. The van der Waals surface area contributed by atoms with E-state index in [1.54, 1.807) is 16.8 Å². The number of aryl methyl sites for hydroxylation is 4. The van der Waals surface area contributed by atoms with E-state index in [1.165, 1.54) is 0 Å². The van der Waals surface area contributed by atoms with Gasteiger partial charge in [0.15, 0.2) is 0 Å². The molecule has 0 fully saturated rings. The quantitative estimate of drug-likeness (QED) is 0.731. The largest absolute Gasteiger partial charge is 0.284 e. The van der Waals surface area contributed by atoms with Crippen molar-refractivity contribution >= 4 is 38.2 Å². The van der Waals surface area contributed by atoms with Crippen LogP contribution < -0.4 is 4.72 Å². The molecule has 0 radical (unpaired) electrons. The fraction of sp³-hybridized carbons (Fsp3) is 0.333. The molecule has 0 amide bonds. The van der Waals surface area contributed by atoms with E-state index in [4.69, 9.17) is 16.6 Å². The van der Waals surface area contributed by atoms with Crippen LogP contribution in [0.25, 0.3) is 22.2 Å². The second-order valence-corrected chi connectivity index (χ2v) is 8.58. The Bertz CT molecular complexity index is 1120. The molecule has 0 aliphatic carbocycles. The number of aromatic nitrogens is 3. The summed E-state index contributed by atoms with van der Waals surface area (Å²) in [5, 5.41) is 5.92. The van der Waals surface area contributed by atoms with E-state index in [0.717, 1.165) is 51.7 Å².